The molecule has 104 valence electrons. The Balaban J connectivity index is 2.23. The summed E-state index contributed by atoms with van der Waals surface area (Å²) in [6.45, 7) is 0.959. The van der Waals surface area contributed by atoms with Crippen LogP contribution < -0.4 is 11.1 Å². The molecule has 1 aliphatic rings. The topological polar surface area (TPSA) is 104 Å². The number of hydrogen-bond donors (Lipinski definition) is 4. The third-order valence-electron chi connectivity index (χ3n) is 3.73. The van der Waals surface area contributed by atoms with Gasteiger partial charge in [-0.3, -0.25) is 5.32 Å². The Bertz CT molecular complexity index is 633. The lowest BCUT2D eigenvalue weighted by atomic mass is 9.81. The summed E-state index contributed by atoms with van der Waals surface area (Å²) >= 11 is 0. The number of phenols is 2. The Kier molecular flexibility index (Phi) is 3.04. The standard InChI is InChI=1S/C14H16N4O2/c15-8-14(13-16-3-1-4-17-13)10-7-12(20)11(19)6-9(10)2-5-18-14/h1,3-4,6-7,18-20H,2,5,8,15H2. The van der Waals surface area contributed by atoms with Crippen LogP contribution in [0.1, 0.15) is 17.0 Å². The monoisotopic (exact) mass is 272 g/mol. The summed E-state index contributed by atoms with van der Waals surface area (Å²) in [6.07, 6.45) is 4.07. The molecule has 1 aliphatic heterocycles. The number of aromatic nitrogens is 2. The molecule has 1 aromatic heterocycles. The maximum absolute atomic E-state index is 9.79. The van der Waals surface area contributed by atoms with Crippen molar-refractivity contribution in [2.45, 2.75) is 12.0 Å². The Morgan fingerprint density at radius 3 is 2.60 bits per heavy atom. The molecular weight excluding hydrogens is 256 g/mol. The van der Waals surface area contributed by atoms with E-state index < -0.39 is 5.54 Å². The zero-order valence-electron chi connectivity index (χ0n) is 10.9. The number of benzene rings is 1. The summed E-state index contributed by atoms with van der Waals surface area (Å²) < 4.78 is 0. The van der Waals surface area contributed by atoms with Crippen molar-refractivity contribution in [3.63, 3.8) is 0 Å². The van der Waals surface area contributed by atoms with E-state index in [0.717, 1.165) is 17.5 Å². The number of rotatable bonds is 2. The van der Waals surface area contributed by atoms with Crippen LogP contribution in [0.2, 0.25) is 0 Å². The number of phenolic OH excluding ortho intramolecular Hbond substituents is 2. The lowest BCUT2D eigenvalue weighted by molar-refractivity contribution is 0.358. The van der Waals surface area contributed by atoms with E-state index >= 15 is 0 Å². The average Bonchev–Trinajstić information content (AvgIpc) is 2.49. The summed E-state index contributed by atoms with van der Waals surface area (Å²) in [6, 6.07) is 4.87. The van der Waals surface area contributed by atoms with E-state index in [9.17, 15) is 10.2 Å². The summed E-state index contributed by atoms with van der Waals surface area (Å²) in [5.74, 6) is 0.278. The molecule has 0 bridgehead atoms. The molecule has 6 heteroatoms. The lowest BCUT2D eigenvalue weighted by Gasteiger charge is -2.38. The van der Waals surface area contributed by atoms with Crippen LogP contribution in [0.25, 0.3) is 0 Å². The molecule has 0 fully saturated rings. The highest BCUT2D eigenvalue weighted by Crippen LogP contribution is 2.38. The van der Waals surface area contributed by atoms with E-state index in [1.54, 1.807) is 30.6 Å². The minimum atomic E-state index is -0.736. The first kappa shape index (κ1) is 12.8. The fraction of sp³-hybridized carbons (Fsp3) is 0.286. The second-order valence-electron chi connectivity index (χ2n) is 4.86. The van der Waals surface area contributed by atoms with Crippen molar-refractivity contribution in [3.8, 4) is 11.5 Å². The van der Waals surface area contributed by atoms with E-state index in [1.807, 2.05) is 0 Å². The average molecular weight is 272 g/mol. The predicted molar refractivity (Wildman–Crippen MR) is 73.3 cm³/mol. The van der Waals surface area contributed by atoms with Crippen LogP contribution in [0.15, 0.2) is 30.6 Å². The largest absolute Gasteiger partial charge is 0.504 e. The number of hydrogen-bond acceptors (Lipinski definition) is 6. The third kappa shape index (κ3) is 1.81. The van der Waals surface area contributed by atoms with Crippen LogP contribution in [-0.2, 0) is 12.0 Å². The molecule has 20 heavy (non-hydrogen) atoms. The molecule has 0 aliphatic carbocycles. The normalized spacial score (nSPS) is 21.4. The highest BCUT2D eigenvalue weighted by molar-refractivity contribution is 5.51. The van der Waals surface area contributed by atoms with Gasteiger partial charge in [0, 0.05) is 25.5 Å². The van der Waals surface area contributed by atoms with Gasteiger partial charge in [-0.2, -0.15) is 0 Å². The van der Waals surface area contributed by atoms with Crippen molar-refractivity contribution in [1.82, 2.24) is 15.3 Å². The number of nitrogens with one attached hydrogen (secondary N) is 1. The van der Waals surface area contributed by atoms with Crippen molar-refractivity contribution in [1.29, 1.82) is 0 Å². The Labute approximate surface area is 116 Å². The molecule has 3 rings (SSSR count). The zero-order valence-corrected chi connectivity index (χ0v) is 10.9. The second-order valence-corrected chi connectivity index (χ2v) is 4.86. The zero-order chi connectivity index (χ0) is 14.2. The molecule has 0 saturated heterocycles. The highest BCUT2D eigenvalue weighted by atomic mass is 16.3. The first-order valence-corrected chi connectivity index (χ1v) is 6.45. The fourth-order valence-electron chi connectivity index (χ4n) is 2.72. The Morgan fingerprint density at radius 2 is 1.90 bits per heavy atom. The predicted octanol–water partition coefficient (Wildman–Crippen LogP) is 0.236. The van der Waals surface area contributed by atoms with Crippen molar-refractivity contribution in [2.75, 3.05) is 13.1 Å². The molecule has 0 radical (unpaired) electrons. The second kappa shape index (κ2) is 4.73. The van der Waals surface area contributed by atoms with Crippen molar-refractivity contribution in [3.05, 3.63) is 47.5 Å². The number of nitrogens with two attached hydrogens (primary N) is 1. The van der Waals surface area contributed by atoms with Gasteiger partial charge >= 0.3 is 0 Å². The van der Waals surface area contributed by atoms with Gasteiger partial charge < -0.3 is 15.9 Å². The molecule has 2 heterocycles. The molecule has 0 saturated carbocycles. The van der Waals surface area contributed by atoms with Gasteiger partial charge in [0.2, 0.25) is 0 Å². The van der Waals surface area contributed by atoms with Crippen LogP contribution in [0.3, 0.4) is 0 Å². The maximum Gasteiger partial charge on any atom is 0.157 e. The maximum atomic E-state index is 9.79. The van der Waals surface area contributed by atoms with E-state index in [-0.39, 0.29) is 18.0 Å². The summed E-state index contributed by atoms with van der Waals surface area (Å²) in [5.41, 5.74) is 7.00. The van der Waals surface area contributed by atoms with E-state index in [1.165, 1.54) is 0 Å². The van der Waals surface area contributed by atoms with Gasteiger partial charge in [-0.25, -0.2) is 9.97 Å². The molecule has 1 atom stereocenters. The van der Waals surface area contributed by atoms with Crippen LogP contribution in [-0.4, -0.2) is 33.3 Å². The molecule has 2 aromatic rings. The van der Waals surface area contributed by atoms with Gasteiger partial charge in [-0.15, -0.1) is 0 Å². The number of aromatic hydroxyl groups is 2. The number of nitrogens with zero attached hydrogens (tertiary/aromatic N) is 2. The van der Waals surface area contributed by atoms with Gasteiger partial charge in [0.25, 0.3) is 0 Å². The van der Waals surface area contributed by atoms with Gasteiger partial charge in [0.1, 0.15) is 5.54 Å². The van der Waals surface area contributed by atoms with Crippen LogP contribution in [0.5, 0.6) is 11.5 Å². The van der Waals surface area contributed by atoms with Gasteiger partial charge in [-0.05, 0) is 35.7 Å². The molecular formula is C14H16N4O2. The van der Waals surface area contributed by atoms with Crippen molar-refractivity contribution < 1.29 is 10.2 Å². The van der Waals surface area contributed by atoms with E-state index in [2.05, 4.69) is 15.3 Å². The van der Waals surface area contributed by atoms with E-state index in [0.29, 0.717) is 12.4 Å². The van der Waals surface area contributed by atoms with Gasteiger partial charge in [0.05, 0.1) is 0 Å². The molecule has 6 nitrogen and oxygen atoms in total. The quantitative estimate of drug-likeness (QED) is 0.584. The third-order valence-corrected chi connectivity index (χ3v) is 3.73. The minimum Gasteiger partial charge on any atom is -0.504 e. The lowest BCUT2D eigenvalue weighted by Crippen LogP contribution is -2.54. The van der Waals surface area contributed by atoms with Crippen molar-refractivity contribution >= 4 is 0 Å². The molecule has 1 unspecified atom stereocenters. The first-order chi connectivity index (χ1) is 9.67. The van der Waals surface area contributed by atoms with Crippen LogP contribution in [0.4, 0.5) is 0 Å². The number of fused-ring (bicyclic) bond motifs is 1. The highest BCUT2D eigenvalue weighted by Gasteiger charge is 2.40. The first-order valence-electron chi connectivity index (χ1n) is 6.45. The molecule has 5 N–H and O–H groups in total. The molecule has 0 amide bonds. The van der Waals surface area contributed by atoms with Gasteiger partial charge in [0.15, 0.2) is 17.3 Å². The minimum absolute atomic E-state index is 0.120. The summed E-state index contributed by atoms with van der Waals surface area (Å²) in [4.78, 5) is 8.60. The van der Waals surface area contributed by atoms with Crippen LogP contribution in [0, 0.1) is 0 Å². The Hall–Kier alpha value is -2.18. The fourth-order valence-corrected chi connectivity index (χ4v) is 2.72. The molecule has 0 spiro atoms. The SMILES string of the molecule is NCC1(c2ncccn2)NCCc2cc(O)c(O)cc21. The van der Waals surface area contributed by atoms with Gasteiger partial charge in [-0.1, -0.05) is 0 Å². The molecule has 1 aromatic carbocycles. The summed E-state index contributed by atoms with van der Waals surface area (Å²) in [7, 11) is 0. The smallest absolute Gasteiger partial charge is 0.157 e. The van der Waals surface area contributed by atoms with E-state index in [4.69, 9.17) is 5.73 Å². The summed E-state index contributed by atoms with van der Waals surface area (Å²) in [5, 5.41) is 22.8. The Morgan fingerprint density at radius 1 is 1.20 bits per heavy atom. The van der Waals surface area contributed by atoms with Crippen molar-refractivity contribution in [2.24, 2.45) is 5.73 Å². The van der Waals surface area contributed by atoms with Crippen LogP contribution >= 0.6 is 0 Å².